The first-order valence-electron chi connectivity index (χ1n) is 8.26. The first-order valence-corrected chi connectivity index (χ1v) is 8.67. The molecule has 2 aromatic carbocycles. The van der Waals surface area contributed by atoms with Gasteiger partial charge in [-0.2, -0.15) is 0 Å². The lowest BCUT2D eigenvalue weighted by molar-refractivity contribution is -0.122. The molecule has 1 aliphatic heterocycles. The van der Waals surface area contributed by atoms with Crippen LogP contribution in [0.2, 0.25) is 0 Å². The smallest absolute Gasteiger partial charge is 0.270 e. The molecule has 1 saturated heterocycles. The van der Waals surface area contributed by atoms with E-state index in [9.17, 15) is 9.59 Å². The number of methoxy groups -OCH3 is 3. The molecule has 0 spiro atoms. The van der Waals surface area contributed by atoms with Crippen LogP contribution in [0.25, 0.3) is 6.08 Å². The second kappa shape index (κ2) is 8.10. The molecule has 1 heterocycles. The van der Waals surface area contributed by atoms with Crippen molar-refractivity contribution in [2.45, 2.75) is 0 Å². The lowest BCUT2D eigenvalue weighted by atomic mass is 10.1. The molecular weight excluding hydrogens is 380 g/mol. The lowest BCUT2D eigenvalue weighted by Crippen LogP contribution is -2.54. The number of benzene rings is 2. The summed E-state index contributed by atoms with van der Waals surface area (Å²) in [5.74, 6) is 0.143. The number of anilines is 1. The van der Waals surface area contributed by atoms with Crippen molar-refractivity contribution in [3.05, 3.63) is 53.6 Å². The Bertz CT molecular complexity index is 947. The highest BCUT2D eigenvalue weighted by Gasteiger charge is 2.34. The van der Waals surface area contributed by atoms with Crippen LogP contribution < -0.4 is 24.4 Å². The summed E-state index contributed by atoms with van der Waals surface area (Å²) in [4.78, 5) is 26.7. The van der Waals surface area contributed by atoms with Gasteiger partial charge in [-0.05, 0) is 48.1 Å². The molecule has 1 aliphatic rings. The first-order chi connectivity index (χ1) is 13.5. The van der Waals surface area contributed by atoms with Crippen LogP contribution in [0.15, 0.2) is 48.0 Å². The van der Waals surface area contributed by atoms with Crippen molar-refractivity contribution in [2.75, 3.05) is 26.2 Å². The Balaban J connectivity index is 2.06. The summed E-state index contributed by atoms with van der Waals surface area (Å²) >= 11 is 5.18. The first kappa shape index (κ1) is 19.4. The van der Waals surface area contributed by atoms with Gasteiger partial charge in [0.25, 0.3) is 11.8 Å². The summed E-state index contributed by atoms with van der Waals surface area (Å²) in [6, 6.07) is 12.2. The normalized spacial score (nSPS) is 15.5. The molecule has 8 heteroatoms. The number of thiocarbonyl (C=S) groups is 1. The third-order valence-electron chi connectivity index (χ3n) is 4.11. The van der Waals surface area contributed by atoms with Gasteiger partial charge in [-0.1, -0.05) is 18.2 Å². The summed E-state index contributed by atoms with van der Waals surface area (Å²) < 4.78 is 15.9. The van der Waals surface area contributed by atoms with E-state index in [2.05, 4.69) is 5.32 Å². The van der Waals surface area contributed by atoms with Crippen LogP contribution in [0.1, 0.15) is 5.56 Å². The van der Waals surface area contributed by atoms with E-state index in [-0.39, 0.29) is 10.7 Å². The average Bonchev–Trinajstić information content (AvgIpc) is 2.70. The van der Waals surface area contributed by atoms with Crippen LogP contribution in [0.5, 0.6) is 17.2 Å². The molecule has 0 atom stereocenters. The Labute approximate surface area is 167 Å². The van der Waals surface area contributed by atoms with Gasteiger partial charge in [0.2, 0.25) is 5.75 Å². The van der Waals surface area contributed by atoms with Crippen molar-refractivity contribution in [3.8, 4) is 17.2 Å². The molecular formula is C20H18N2O5S. The minimum absolute atomic E-state index is 0.0308. The van der Waals surface area contributed by atoms with Crippen molar-refractivity contribution in [1.82, 2.24) is 5.32 Å². The number of nitrogens with one attached hydrogen (secondary N) is 1. The Kier molecular flexibility index (Phi) is 5.60. The maximum atomic E-state index is 13.0. The SMILES string of the molecule is COc1cc(C=C2C(=O)NC(=S)N(c3ccccc3)C2=O)cc(OC)c1OC. The standard InChI is InChI=1S/C20H18N2O5S/c1-25-15-10-12(11-16(26-2)17(15)27-3)9-14-18(23)21-20(28)22(19(14)24)13-7-5-4-6-8-13/h4-11H,1-3H3,(H,21,23,28). The van der Waals surface area contributed by atoms with Crippen LogP contribution in [-0.2, 0) is 9.59 Å². The van der Waals surface area contributed by atoms with E-state index in [1.165, 1.54) is 32.3 Å². The van der Waals surface area contributed by atoms with Crippen LogP contribution in [-0.4, -0.2) is 38.3 Å². The number of carbonyl (C=O) groups excluding carboxylic acids is 2. The maximum absolute atomic E-state index is 13.0. The van der Waals surface area contributed by atoms with E-state index < -0.39 is 11.8 Å². The number of rotatable bonds is 5. The van der Waals surface area contributed by atoms with Crippen molar-refractivity contribution < 1.29 is 23.8 Å². The Morgan fingerprint density at radius 1 is 0.964 bits per heavy atom. The van der Waals surface area contributed by atoms with Gasteiger partial charge in [-0.25, -0.2) is 0 Å². The predicted molar refractivity (Wildman–Crippen MR) is 109 cm³/mol. The zero-order chi connectivity index (χ0) is 20.3. The maximum Gasteiger partial charge on any atom is 0.270 e. The van der Waals surface area contributed by atoms with Crippen LogP contribution in [0.4, 0.5) is 5.69 Å². The molecule has 0 aromatic heterocycles. The second-order valence-corrected chi connectivity index (χ2v) is 6.14. The molecule has 1 N–H and O–H groups in total. The minimum Gasteiger partial charge on any atom is -0.493 e. The minimum atomic E-state index is -0.573. The van der Waals surface area contributed by atoms with Crippen molar-refractivity contribution >= 4 is 40.9 Å². The highest BCUT2D eigenvalue weighted by molar-refractivity contribution is 7.80. The van der Waals surface area contributed by atoms with E-state index in [1.807, 2.05) is 6.07 Å². The second-order valence-electron chi connectivity index (χ2n) is 5.75. The monoisotopic (exact) mass is 398 g/mol. The van der Waals surface area contributed by atoms with Crippen LogP contribution >= 0.6 is 12.2 Å². The summed E-state index contributed by atoms with van der Waals surface area (Å²) in [7, 11) is 4.47. The van der Waals surface area contributed by atoms with Crippen molar-refractivity contribution in [2.24, 2.45) is 0 Å². The van der Waals surface area contributed by atoms with Gasteiger partial charge in [0.15, 0.2) is 16.6 Å². The van der Waals surface area contributed by atoms with Crippen molar-refractivity contribution in [3.63, 3.8) is 0 Å². The molecule has 0 radical (unpaired) electrons. The van der Waals surface area contributed by atoms with Gasteiger partial charge in [-0.15, -0.1) is 0 Å². The van der Waals surface area contributed by atoms with E-state index in [0.717, 1.165) is 0 Å². The number of hydrogen-bond acceptors (Lipinski definition) is 6. The van der Waals surface area contributed by atoms with Gasteiger partial charge < -0.3 is 14.2 Å². The third kappa shape index (κ3) is 3.54. The zero-order valence-electron chi connectivity index (χ0n) is 15.5. The Hall–Kier alpha value is -3.39. The fourth-order valence-electron chi connectivity index (χ4n) is 2.82. The van der Waals surface area contributed by atoms with Gasteiger partial charge in [0.1, 0.15) is 5.57 Å². The van der Waals surface area contributed by atoms with E-state index in [0.29, 0.717) is 28.5 Å². The van der Waals surface area contributed by atoms with Gasteiger partial charge in [-0.3, -0.25) is 19.8 Å². The number of nitrogens with zero attached hydrogens (tertiary/aromatic N) is 1. The molecule has 2 amide bonds. The Morgan fingerprint density at radius 3 is 2.11 bits per heavy atom. The average molecular weight is 398 g/mol. The lowest BCUT2D eigenvalue weighted by Gasteiger charge is -2.28. The predicted octanol–water partition coefficient (Wildman–Crippen LogP) is 2.54. The molecule has 2 aromatic rings. The largest absolute Gasteiger partial charge is 0.493 e. The molecule has 3 rings (SSSR count). The number of para-hydroxylation sites is 1. The highest BCUT2D eigenvalue weighted by atomic mass is 32.1. The molecule has 0 saturated carbocycles. The van der Waals surface area contributed by atoms with Gasteiger partial charge in [0.05, 0.1) is 27.0 Å². The molecule has 0 bridgehead atoms. The number of hydrogen-bond donors (Lipinski definition) is 1. The molecule has 28 heavy (non-hydrogen) atoms. The molecule has 0 unspecified atom stereocenters. The number of carbonyl (C=O) groups is 2. The van der Waals surface area contributed by atoms with Gasteiger partial charge in [0, 0.05) is 0 Å². The molecule has 1 fully saturated rings. The zero-order valence-corrected chi connectivity index (χ0v) is 16.3. The molecule has 0 aliphatic carbocycles. The number of amides is 2. The summed E-state index contributed by atoms with van der Waals surface area (Å²) in [5, 5.41) is 2.58. The van der Waals surface area contributed by atoms with Gasteiger partial charge >= 0.3 is 0 Å². The van der Waals surface area contributed by atoms with Crippen LogP contribution in [0.3, 0.4) is 0 Å². The fraction of sp³-hybridized carbons (Fsp3) is 0.150. The van der Waals surface area contributed by atoms with E-state index in [1.54, 1.807) is 36.4 Å². The molecule has 144 valence electrons. The summed E-state index contributed by atoms with van der Waals surface area (Å²) in [6.45, 7) is 0. The summed E-state index contributed by atoms with van der Waals surface area (Å²) in [6.07, 6.45) is 1.46. The Morgan fingerprint density at radius 2 is 1.57 bits per heavy atom. The third-order valence-corrected chi connectivity index (χ3v) is 4.40. The fourth-order valence-corrected chi connectivity index (χ4v) is 3.10. The molecule has 7 nitrogen and oxygen atoms in total. The van der Waals surface area contributed by atoms with E-state index in [4.69, 9.17) is 26.4 Å². The van der Waals surface area contributed by atoms with E-state index >= 15 is 0 Å². The quantitative estimate of drug-likeness (QED) is 0.474. The van der Waals surface area contributed by atoms with Crippen LogP contribution in [0, 0.1) is 0 Å². The topological polar surface area (TPSA) is 77.1 Å². The summed E-state index contributed by atoms with van der Waals surface area (Å²) in [5.41, 5.74) is 1.04. The highest BCUT2D eigenvalue weighted by Crippen LogP contribution is 2.39. The van der Waals surface area contributed by atoms with Crippen molar-refractivity contribution in [1.29, 1.82) is 0 Å². The number of ether oxygens (including phenoxy) is 3.